The quantitative estimate of drug-likeness (QED) is 0.904. The first kappa shape index (κ1) is 16.9. The summed E-state index contributed by atoms with van der Waals surface area (Å²) in [6, 6.07) is 7.65. The lowest BCUT2D eigenvalue weighted by atomic mass is 10.1. The molecule has 24 heavy (non-hydrogen) atoms. The summed E-state index contributed by atoms with van der Waals surface area (Å²) in [6.07, 6.45) is 2.55. The van der Waals surface area contributed by atoms with Crippen molar-refractivity contribution < 1.29 is 14.6 Å². The Hall–Kier alpha value is -1.92. The maximum atomic E-state index is 12.6. The second-order valence-corrected chi connectivity index (χ2v) is 7.04. The number of ether oxygens (including phenoxy) is 1. The van der Waals surface area contributed by atoms with E-state index in [9.17, 15) is 9.90 Å². The summed E-state index contributed by atoms with van der Waals surface area (Å²) in [6.45, 7) is 0.571. The lowest BCUT2D eigenvalue weighted by Gasteiger charge is -2.22. The van der Waals surface area contributed by atoms with Gasteiger partial charge in [0.2, 0.25) is 0 Å². The van der Waals surface area contributed by atoms with Crippen LogP contribution in [0.15, 0.2) is 29.6 Å². The third kappa shape index (κ3) is 3.44. The van der Waals surface area contributed by atoms with Crippen molar-refractivity contribution >= 4 is 17.2 Å². The van der Waals surface area contributed by atoms with E-state index in [1.807, 2.05) is 24.3 Å². The van der Waals surface area contributed by atoms with Crippen molar-refractivity contribution in [1.82, 2.24) is 9.88 Å². The van der Waals surface area contributed by atoms with E-state index in [4.69, 9.17) is 4.74 Å². The average Bonchev–Trinajstić information content (AvgIpc) is 3.24. The zero-order chi connectivity index (χ0) is 17.1. The molecular formula is C18H22N2O3S. The maximum absolute atomic E-state index is 12.6. The number of aromatic nitrogens is 1. The fourth-order valence-corrected chi connectivity index (χ4v) is 4.00. The number of methoxy groups -OCH3 is 1. The number of thiazole rings is 1. The first-order valence-corrected chi connectivity index (χ1v) is 9.00. The van der Waals surface area contributed by atoms with Crippen molar-refractivity contribution in [2.75, 3.05) is 20.7 Å². The third-order valence-corrected chi connectivity index (χ3v) is 5.41. The van der Waals surface area contributed by atoms with Gasteiger partial charge in [0.15, 0.2) is 0 Å². The molecule has 1 aromatic heterocycles. The third-order valence-electron chi connectivity index (χ3n) is 4.53. The summed E-state index contributed by atoms with van der Waals surface area (Å²) < 4.78 is 5.36. The van der Waals surface area contributed by atoms with E-state index in [1.165, 1.54) is 11.3 Å². The van der Waals surface area contributed by atoms with Crippen LogP contribution in [0, 0.1) is 5.92 Å². The molecule has 0 radical (unpaired) electrons. The second-order valence-electron chi connectivity index (χ2n) is 6.18. The molecule has 3 rings (SSSR count). The van der Waals surface area contributed by atoms with Crippen LogP contribution in [0.3, 0.4) is 0 Å². The van der Waals surface area contributed by atoms with E-state index in [0.717, 1.165) is 35.6 Å². The topological polar surface area (TPSA) is 62.7 Å². The van der Waals surface area contributed by atoms with Crippen molar-refractivity contribution in [2.24, 2.45) is 5.92 Å². The molecule has 1 saturated carbocycles. The summed E-state index contributed by atoms with van der Waals surface area (Å²) in [5, 5.41) is 12.5. The Morgan fingerprint density at radius 3 is 2.92 bits per heavy atom. The molecule has 2 atom stereocenters. The van der Waals surface area contributed by atoms with Crippen LogP contribution in [-0.4, -0.2) is 47.7 Å². The molecule has 128 valence electrons. The highest BCUT2D eigenvalue weighted by Crippen LogP contribution is 2.32. The lowest BCUT2D eigenvalue weighted by molar-refractivity contribution is 0.0689. The summed E-state index contributed by atoms with van der Waals surface area (Å²) >= 11 is 1.43. The fourth-order valence-electron chi connectivity index (χ4n) is 3.18. The number of carbonyl (C=O) groups excluding carboxylic acids is 1. The zero-order valence-corrected chi connectivity index (χ0v) is 14.8. The normalized spacial score (nSPS) is 20.1. The smallest absolute Gasteiger partial charge is 0.273 e. The van der Waals surface area contributed by atoms with Crippen LogP contribution in [-0.2, 0) is 0 Å². The maximum Gasteiger partial charge on any atom is 0.273 e. The van der Waals surface area contributed by atoms with Gasteiger partial charge in [-0.1, -0.05) is 18.6 Å². The first-order valence-electron chi connectivity index (χ1n) is 8.12. The predicted molar refractivity (Wildman–Crippen MR) is 94.4 cm³/mol. The molecule has 1 aliphatic rings. The van der Waals surface area contributed by atoms with Gasteiger partial charge in [-0.25, -0.2) is 4.98 Å². The van der Waals surface area contributed by atoms with Gasteiger partial charge >= 0.3 is 0 Å². The SMILES string of the molecule is COc1ccccc1-c1nc(C(=O)N(C)CC2CCCC2O)cs1. The minimum Gasteiger partial charge on any atom is -0.496 e. The molecule has 1 fully saturated rings. The Labute approximate surface area is 145 Å². The number of amides is 1. The zero-order valence-electron chi connectivity index (χ0n) is 13.9. The summed E-state index contributed by atoms with van der Waals surface area (Å²) in [7, 11) is 3.40. The lowest BCUT2D eigenvalue weighted by Crippen LogP contribution is -2.34. The molecule has 0 saturated heterocycles. The number of nitrogens with zero attached hydrogens (tertiary/aromatic N) is 2. The number of aliphatic hydroxyl groups is 1. The van der Waals surface area contributed by atoms with Crippen LogP contribution in [0.25, 0.3) is 10.6 Å². The van der Waals surface area contributed by atoms with Gasteiger partial charge in [-0.15, -0.1) is 11.3 Å². The van der Waals surface area contributed by atoms with Gasteiger partial charge < -0.3 is 14.7 Å². The summed E-state index contributed by atoms with van der Waals surface area (Å²) in [5.41, 5.74) is 1.33. The molecule has 0 aliphatic heterocycles. The minimum absolute atomic E-state index is 0.105. The van der Waals surface area contributed by atoms with Gasteiger partial charge in [-0.05, 0) is 25.0 Å². The van der Waals surface area contributed by atoms with Crippen molar-refractivity contribution in [1.29, 1.82) is 0 Å². The van der Waals surface area contributed by atoms with Gasteiger partial charge in [0.25, 0.3) is 5.91 Å². The van der Waals surface area contributed by atoms with Crippen LogP contribution in [0.4, 0.5) is 0 Å². The molecule has 2 unspecified atom stereocenters. The standard InChI is InChI=1S/C18H22N2O3S/c1-20(10-12-6-5-8-15(12)21)18(22)14-11-24-17(19-14)13-7-3-4-9-16(13)23-2/h3-4,7,9,11-12,15,21H,5-6,8,10H2,1-2H3. The van der Waals surface area contributed by atoms with Crippen LogP contribution >= 0.6 is 11.3 Å². The predicted octanol–water partition coefficient (Wildman–Crippen LogP) is 3.05. The minimum atomic E-state index is -0.292. The fraction of sp³-hybridized carbons (Fsp3) is 0.444. The molecule has 1 heterocycles. The van der Waals surface area contributed by atoms with Crippen molar-refractivity contribution in [3.63, 3.8) is 0 Å². The van der Waals surface area contributed by atoms with E-state index in [0.29, 0.717) is 12.2 Å². The van der Waals surface area contributed by atoms with E-state index >= 15 is 0 Å². The van der Waals surface area contributed by atoms with E-state index < -0.39 is 0 Å². The Morgan fingerprint density at radius 1 is 1.42 bits per heavy atom. The highest BCUT2D eigenvalue weighted by molar-refractivity contribution is 7.13. The van der Waals surface area contributed by atoms with Crippen LogP contribution in [0.2, 0.25) is 0 Å². The highest BCUT2D eigenvalue weighted by atomic mass is 32.1. The van der Waals surface area contributed by atoms with E-state index in [-0.39, 0.29) is 17.9 Å². The second kappa shape index (κ2) is 7.32. The molecular weight excluding hydrogens is 324 g/mol. The number of aliphatic hydroxyl groups excluding tert-OH is 1. The summed E-state index contributed by atoms with van der Waals surface area (Å²) in [5.74, 6) is 0.811. The number of rotatable bonds is 5. The Balaban J connectivity index is 1.73. The molecule has 0 bridgehead atoms. The number of hydrogen-bond donors (Lipinski definition) is 1. The average molecular weight is 346 g/mol. The van der Waals surface area contributed by atoms with Gasteiger partial charge in [-0.3, -0.25) is 4.79 Å². The molecule has 0 spiro atoms. The highest BCUT2D eigenvalue weighted by Gasteiger charge is 2.28. The van der Waals surface area contributed by atoms with Crippen LogP contribution in [0.5, 0.6) is 5.75 Å². The van der Waals surface area contributed by atoms with Crippen LogP contribution < -0.4 is 4.74 Å². The molecule has 1 N–H and O–H groups in total. The van der Waals surface area contributed by atoms with Gasteiger partial charge in [0.1, 0.15) is 16.5 Å². The number of benzene rings is 1. The Morgan fingerprint density at radius 2 is 2.21 bits per heavy atom. The number of para-hydroxylation sites is 1. The Kier molecular flexibility index (Phi) is 5.16. The molecule has 5 nitrogen and oxygen atoms in total. The molecule has 1 aromatic carbocycles. The van der Waals surface area contributed by atoms with Crippen LogP contribution in [0.1, 0.15) is 29.8 Å². The van der Waals surface area contributed by atoms with E-state index in [2.05, 4.69) is 4.98 Å². The molecule has 1 amide bonds. The van der Waals surface area contributed by atoms with Gasteiger partial charge in [0.05, 0.1) is 18.8 Å². The van der Waals surface area contributed by atoms with E-state index in [1.54, 1.807) is 24.4 Å². The van der Waals surface area contributed by atoms with Crippen molar-refractivity contribution in [2.45, 2.75) is 25.4 Å². The summed E-state index contributed by atoms with van der Waals surface area (Å²) in [4.78, 5) is 18.8. The monoisotopic (exact) mass is 346 g/mol. The number of carbonyl (C=O) groups is 1. The van der Waals surface area contributed by atoms with Crippen molar-refractivity contribution in [3.05, 3.63) is 35.3 Å². The Bertz CT molecular complexity index is 716. The van der Waals surface area contributed by atoms with Crippen molar-refractivity contribution in [3.8, 4) is 16.3 Å². The molecule has 1 aliphatic carbocycles. The number of hydrogen-bond acceptors (Lipinski definition) is 5. The molecule has 6 heteroatoms. The first-order chi connectivity index (χ1) is 11.6. The largest absolute Gasteiger partial charge is 0.496 e. The van der Waals surface area contributed by atoms with Gasteiger partial charge in [0, 0.05) is 24.9 Å². The van der Waals surface area contributed by atoms with Gasteiger partial charge in [-0.2, -0.15) is 0 Å². The molecule has 2 aromatic rings.